The number of nitrogens with two attached hydrogens (primary N) is 1. The molecule has 8 heteroatoms. The zero-order chi connectivity index (χ0) is 16.0. The van der Waals surface area contributed by atoms with Crippen LogP contribution in [0.5, 0.6) is 0 Å². The predicted octanol–water partition coefficient (Wildman–Crippen LogP) is -1.58. The van der Waals surface area contributed by atoms with E-state index in [1.807, 2.05) is 0 Å². The molecule has 4 atom stereocenters. The monoisotopic (exact) mass is 289 g/mol. The molecular weight excluding hydrogens is 266 g/mol. The first-order chi connectivity index (χ1) is 9.07. The summed E-state index contributed by atoms with van der Waals surface area (Å²) in [6.07, 6.45) is -1.25. The molecule has 0 fully saturated rings. The highest BCUT2D eigenvalue weighted by atomic mass is 16.4. The Morgan fingerprint density at radius 2 is 1.50 bits per heavy atom. The van der Waals surface area contributed by atoms with Gasteiger partial charge in [0.2, 0.25) is 11.8 Å². The molecule has 0 radical (unpaired) electrons. The normalized spacial score (nSPS) is 16.9. The summed E-state index contributed by atoms with van der Waals surface area (Å²) in [6, 6.07) is -3.13. The summed E-state index contributed by atoms with van der Waals surface area (Å²) in [5.41, 5.74) is 5.63. The van der Waals surface area contributed by atoms with E-state index in [-0.39, 0.29) is 5.92 Å². The van der Waals surface area contributed by atoms with Crippen molar-refractivity contribution in [1.29, 1.82) is 0 Å². The molecule has 0 saturated heterocycles. The maximum Gasteiger partial charge on any atom is 0.328 e. The summed E-state index contributed by atoms with van der Waals surface area (Å²) in [4.78, 5) is 34.3. The van der Waals surface area contributed by atoms with Crippen molar-refractivity contribution in [3.05, 3.63) is 0 Å². The highest BCUT2D eigenvalue weighted by molar-refractivity contribution is 5.91. The van der Waals surface area contributed by atoms with Crippen molar-refractivity contribution >= 4 is 17.8 Å². The molecule has 4 unspecified atom stereocenters. The third-order valence-corrected chi connectivity index (χ3v) is 2.82. The van der Waals surface area contributed by atoms with Crippen LogP contribution in [0.1, 0.15) is 27.7 Å². The molecule has 8 nitrogen and oxygen atoms in total. The Morgan fingerprint density at radius 3 is 1.85 bits per heavy atom. The summed E-state index contributed by atoms with van der Waals surface area (Å²) in [7, 11) is 0. The van der Waals surface area contributed by atoms with E-state index in [1.165, 1.54) is 13.8 Å². The average molecular weight is 289 g/mol. The van der Waals surface area contributed by atoms with E-state index in [4.69, 9.17) is 10.8 Å². The number of carboxylic acids is 1. The van der Waals surface area contributed by atoms with Crippen LogP contribution in [0.15, 0.2) is 0 Å². The Bertz CT molecular complexity index is 370. The summed E-state index contributed by atoms with van der Waals surface area (Å²) < 4.78 is 0. The number of hydrogen-bond acceptors (Lipinski definition) is 5. The molecule has 0 aromatic carbocycles. The Labute approximate surface area is 117 Å². The highest BCUT2D eigenvalue weighted by Gasteiger charge is 2.28. The molecule has 0 aromatic rings. The zero-order valence-electron chi connectivity index (χ0n) is 12.1. The molecule has 6 N–H and O–H groups in total. The second-order valence-corrected chi connectivity index (χ2v) is 5.07. The molecule has 20 heavy (non-hydrogen) atoms. The minimum Gasteiger partial charge on any atom is -0.480 e. The SMILES string of the molecule is CC(NC(=O)C(N)C(C)C)C(=O)NC(C(=O)O)C(C)O. The van der Waals surface area contributed by atoms with Crippen LogP contribution in [0.3, 0.4) is 0 Å². The van der Waals surface area contributed by atoms with Crippen LogP contribution in [-0.4, -0.2) is 52.2 Å². The molecule has 0 heterocycles. The van der Waals surface area contributed by atoms with Crippen molar-refractivity contribution < 1.29 is 24.6 Å². The third-order valence-electron chi connectivity index (χ3n) is 2.82. The van der Waals surface area contributed by atoms with Crippen molar-refractivity contribution in [3.8, 4) is 0 Å². The zero-order valence-corrected chi connectivity index (χ0v) is 12.1. The Kier molecular flexibility index (Phi) is 7.16. The Hall–Kier alpha value is -1.67. The van der Waals surface area contributed by atoms with E-state index < -0.39 is 42.0 Å². The van der Waals surface area contributed by atoms with Crippen LogP contribution in [0.2, 0.25) is 0 Å². The lowest BCUT2D eigenvalue weighted by Crippen LogP contribution is -2.56. The molecule has 116 valence electrons. The molecule has 2 amide bonds. The fourth-order valence-electron chi connectivity index (χ4n) is 1.34. The average Bonchev–Trinajstić information content (AvgIpc) is 2.33. The van der Waals surface area contributed by atoms with Crippen LogP contribution >= 0.6 is 0 Å². The quantitative estimate of drug-likeness (QED) is 0.383. The highest BCUT2D eigenvalue weighted by Crippen LogP contribution is 1.99. The van der Waals surface area contributed by atoms with E-state index in [0.717, 1.165) is 0 Å². The Morgan fingerprint density at radius 1 is 1.00 bits per heavy atom. The van der Waals surface area contributed by atoms with Crippen LogP contribution in [0, 0.1) is 5.92 Å². The first-order valence-electron chi connectivity index (χ1n) is 6.35. The molecule has 0 aliphatic carbocycles. The number of carbonyl (C=O) groups excluding carboxylic acids is 2. The molecule has 0 saturated carbocycles. The molecule has 0 aromatic heterocycles. The van der Waals surface area contributed by atoms with Gasteiger partial charge in [-0.1, -0.05) is 13.8 Å². The largest absolute Gasteiger partial charge is 0.480 e. The predicted molar refractivity (Wildman–Crippen MR) is 71.7 cm³/mol. The summed E-state index contributed by atoms with van der Waals surface area (Å²) >= 11 is 0. The second-order valence-electron chi connectivity index (χ2n) is 5.07. The van der Waals surface area contributed by atoms with Gasteiger partial charge in [-0.2, -0.15) is 0 Å². The van der Waals surface area contributed by atoms with Crippen LogP contribution in [0.4, 0.5) is 0 Å². The van der Waals surface area contributed by atoms with E-state index in [9.17, 15) is 19.5 Å². The van der Waals surface area contributed by atoms with Gasteiger partial charge in [-0.05, 0) is 19.8 Å². The number of amides is 2. The van der Waals surface area contributed by atoms with E-state index in [1.54, 1.807) is 13.8 Å². The van der Waals surface area contributed by atoms with Gasteiger partial charge in [0.15, 0.2) is 6.04 Å². The maximum absolute atomic E-state index is 11.7. The lowest BCUT2D eigenvalue weighted by atomic mass is 10.0. The van der Waals surface area contributed by atoms with Gasteiger partial charge in [0.05, 0.1) is 12.1 Å². The number of aliphatic hydroxyl groups excluding tert-OH is 1. The van der Waals surface area contributed by atoms with Gasteiger partial charge in [0.1, 0.15) is 6.04 Å². The molecule has 0 rings (SSSR count). The number of nitrogens with one attached hydrogen (secondary N) is 2. The van der Waals surface area contributed by atoms with Crippen LogP contribution in [-0.2, 0) is 14.4 Å². The van der Waals surface area contributed by atoms with Crippen molar-refractivity contribution in [1.82, 2.24) is 10.6 Å². The van der Waals surface area contributed by atoms with Gasteiger partial charge >= 0.3 is 5.97 Å². The topological polar surface area (TPSA) is 142 Å². The number of carboxylic acid groups (broad SMARTS) is 1. The standard InChI is InChI=1S/C12H23N3O5/c1-5(2)8(13)11(18)14-6(3)10(17)15-9(7(4)16)12(19)20/h5-9,16H,13H2,1-4H3,(H,14,18)(H,15,17)(H,19,20). The summed E-state index contributed by atoms with van der Waals surface area (Å²) in [5, 5.41) is 22.6. The van der Waals surface area contributed by atoms with Crippen molar-refractivity contribution in [2.75, 3.05) is 0 Å². The number of aliphatic carboxylic acids is 1. The van der Waals surface area contributed by atoms with Crippen molar-refractivity contribution in [2.24, 2.45) is 11.7 Å². The molecule has 0 spiro atoms. The van der Waals surface area contributed by atoms with E-state index >= 15 is 0 Å². The first kappa shape index (κ1) is 18.3. The van der Waals surface area contributed by atoms with Gasteiger partial charge in [-0.3, -0.25) is 9.59 Å². The lowest BCUT2D eigenvalue weighted by Gasteiger charge is -2.22. The smallest absolute Gasteiger partial charge is 0.328 e. The minimum absolute atomic E-state index is 0.0884. The van der Waals surface area contributed by atoms with Gasteiger partial charge < -0.3 is 26.6 Å². The van der Waals surface area contributed by atoms with Gasteiger partial charge in [0, 0.05) is 0 Å². The van der Waals surface area contributed by atoms with E-state index in [2.05, 4.69) is 10.6 Å². The van der Waals surface area contributed by atoms with Gasteiger partial charge in [-0.25, -0.2) is 4.79 Å². The number of hydrogen-bond donors (Lipinski definition) is 5. The number of aliphatic hydroxyl groups is 1. The summed E-state index contributed by atoms with van der Waals surface area (Å²) in [6.45, 7) is 6.18. The van der Waals surface area contributed by atoms with Crippen molar-refractivity contribution in [2.45, 2.75) is 51.9 Å². The molecule has 0 aliphatic rings. The summed E-state index contributed by atoms with van der Waals surface area (Å²) in [5.74, 6) is -2.64. The van der Waals surface area contributed by atoms with Crippen LogP contribution < -0.4 is 16.4 Å². The van der Waals surface area contributed by atoms with E-state index in [0.29, 0.717) is 0 Å². The van der Waals surface area contributed by atoms with Crippen LogP contribution in [0.25, 0.3) is 0 Å². The fourth-order valence-corrected chi connectivity index (χ4v) is 1.34. The molecule has 0 bridgehead atoms. The molecule has 0 aliphatic heterocycles. The maximum atomic E-state index is 11.7. The lowest BCUT2D eigenvalue weighted by molar-refractivity contribution is -0.145. The fraction of sp³-hybridized carbons (Fsp3) is 0.750. The third kappa shape index (κ3) is 5.54. The Balaban J connectivity index is 4.56. The molecular formula is C12H23N3O5. The van der Waals surface area contributed by atoms with Crippen molar-refractivity contribution in [3.63, 3.8) is 0 Å². The number of rotatable bonds is 7. The minimum atomic E-state index is -1.43. The van der Waals surface area contributed by atoms with Gasteiger partial charge in [-0.15, -0.1) is 0 Å². The van der Waals surface area contributed by atoms with Gasteiger partial charge in [0.25, 0.3) is 0 Å². The number of carbonyl (C=O) groups is 3. The second kappa shape index (κ2) is 7.81. The first-order valence-corrected chi connectivity index (χ1v) is 6.35.